The van der Waals surface area contributed by atoms with Crippen molar-refractivity contribution in [2.24, 2.45) is 0 Å². The Hall–Kier alpha value is -2.88. The Morgan fingerprint density at radius 2 is 1.00 bits per heavy atom. The zero-order valence-electron chi connectivity index (χ0n) is 10.6. The third-order valence-corrected chi connectivity index (χ3v) is 3.15. The van der Waals surface area contributed by atoms with Crippen LogP contribution in [-0.4, -0.2) is 15.3 Å². The van der Waals surface area contributed by atoms with Crippen molar-refractivity contribution in [1.82, 2.24) is 0 Å². The van der Waals surface area contributed by atoms with E-state index in [4.69, 9.17) is 0 Å². The van der Waals surface area contributed by atoms with Crippen LogP contribution in [0.4, 0.5) is 11.4 Å². The number of hydrogen-bond donors (Lipinski definition) is 3. The molecule has 0 saturated heterocycles. The molecular weight excluding hydrogens is 254 g/mol. The quantitative estimate of drug-likeness (QED) is 0.788. The van der Waals surface area contributed by atoms with Gasteiger partial charge in [-0.25, -0.2) is 0 Å². The molecule has 0 radical (unpaired) electrons. The summed E-state index contributed by atoms with van der Waals surface area (Å²) in [5.74, 6) is -1.10. The second-order valence-electron chi connectivity index (χ2n) is 4.40. The Balaban J connectivity index is 2.12. The number of para-hydroxylation sites is 2. The number of anilines is 2. The van der Waals surface area contributed by atoms with Gasteiger partial charge in [0.2, 0.25) is 5.76 Å². The molecule has 3 rings (SSSR count). The Labute approximate surface area is 116 Å². The first-order valence-corrected chi connectivity index (χ1v) is 6.16. The predicted molar refractivity (Wildman–Crippen MR) is 77.0 cm³/mol. The molecule has 1 aliphatic rings. The molecule has 0 heterocycles. The standard InChI is InChI=1S/C16H13NO3/c18-14-13(15(19)16(14)20)17(11-7-3-1-4-8-11)12-9-5-2-6-10-12/h1-10,18-20H. The molecule has 0 aliphatic heterocycles. The van der Waals surface area contributed by atoms with Gasteiger partial charge in [0, 0.05) is 11.4 Å². The number of aliphatic hydroxyl groups is 3. The fraction of sp³-hybridized carbons (Fsp3) is 0. The summed E-state index contributed by atoms with van der Waals surface area (Å²) in [6.45, 7) is 0. The van der Waals surface area contributed by atoms with Crippen LogP contribution in [0.25, 0.3) is 0 Å². The second-order valence-corrected chi connectivity index (χ2v) is 4.40. The van der Waals surface area contributed by atoms with Gasteiger partial charge in [-0.05, 0) is 24.3 Å². The van der Waals surface area contributed by atoms with Crippen LogP contribution in [0.1, 0.15) is 0 Å². The summed E-state index contributed by atoms with van der Waals surface area (Å²) >= 11 is 0. The molecule has 0 amide bonds. The zero-order valence-corrected chi connectivity index (χ0v) is 10.6. The molecule has 20 heavy (non-hydrogen) atoms. The molecule has 1 aliphatic carbocycles. The third-order valence-electron chi connectivity index (χ3n) is 3.15. The lowest BCUT2D eigenvalue weighted by Crippen LogP contribution is -2.27. The highest BCUT2D eigenvalue weighted by atomic mass is 16.3. The molecule has 2 aromatic rings. The lowest BCUT2D eigenvalue weighted by Gasteiger charge is -2.31. The fourth-order valence-electron chi connectivity index (χ4n) is 2.16. The highest BCUT2D eigenvalue weighted by molar-refractivity contribution is 5.74. The molecule has 0 bridgehead atoms. The molecule has 0 unspecified atom stereocenters. The summed E-state index contributed by atoms with van der Waals surface area (Å²) in [6.07, 6.45) is 0. The summed E-state index contributed by atoms with van der Waals surface area (Å²) in [5, 5.41) is 29.0. The monoisotopic (exact) mass is 267 g/mol. The van der Waals surface area contributed by atoms with Crippen LogP contribution in [0.2, 0.25) is 0 Å². The fourth-order valence-corrected chi connectivity index (χ4v) is 2.16. The van der Waals surface area contributed by atoms with E-state index in [0.29, 0.717) is 0 Å². The largest absolute Gasteiger partial charge is 0.503 e. The van der Waals surface area contributed by atoms with Gasteiger partial charge in [0.25, 0.3) is 0 Å². The van der Waals surface area contributed by atoms with E-state index in [-0.39, 0.29) is 17.2 Å². The van der Waals surface area contributed by atoms with E-state index in [2.05, 4.69) is 0 Å². The predicted octanol–water partition coefficient (Wildman–Crippen LogP) is 3.94. The van der Waals surface area contributed by atoms with E-state index in [9.17, 15) is 15.3 Å². The summed E-state index contributed by atoms with van der Waals surface area (Å²) in [5.41, 5.74) is 1.75. The van der Waals surface area contributed by atoms with Crippen LogP contribution in [0, 0.1) is 0 Å². The van der Waals surface area contributed by atoms with Gasteiger partial charge in [-0.2, -0.15) is 0 Å². The smallest absolute Gasteiger partial charge is 0.205 e. The van der Waals surface area contributed by atoms with Crippen molar-refractivity contribution >= 4 is 11.4 Å². The van der Waals surface area contributed by atoms with E-state index in [1.165, 1.54) is 0 Å². The van der Waals surface area contributed by atoms with Gasteiger partial charge in [-0.3, -0.25) is 0 Å². The maximum atomic E-state index is 9.81. The molecule has 0 atom stereocenters. The summed E-state index contributed by atoms with van der Waals surface area (Å²) in [4.78, 5) is 1.68. The van der Waals surface area contributed by atoms with Crippen molar-refractivity contribution in [1.29, 1.82) is 0 Å². The number of aliphatic hydroxyl groups excluding tert-OH is 3. The van der Waals surface area contributed by atoms with Gasteiger partial charge in [0.1, 0.15) is 5.70 Å². The number of hydrogen-bond acceptors (Lipinski definition) is 4. The molecule has 3 N–H and O–H groups in total. The lowest BCUT2D eigenvalue weighted by atomic mass is 10.0. The lowest BCUT2D eigenvalue weighted by molar-refractivity contribution is 0.255. The summed E-state index contributed by atoms with van der Waals surface area (Å²) in [7, 11) is 0. The minimum Gasteiger partial charge on any atom is -0.503 e. The third kappa shape index (κ3) is 1.78. The molecular formula is C16H13NO3. The maximum absolute atomic E-state index is 9.81. The molecule has 100 valence electrons. The van der Waals surface area contributed by atoms with E-state index in [0.717, 1.165) is 11.4 Å². The van der Waals surface area contributed by atoms with Gasteiger partial charge in [0.05, 0.1) is 0 Å². The van der Waals surface area contributed by atoms with E-state index in [1.54, 1.807) is 4.90 Å². The van der Waals surface area contributed by atoms with Gasteiger partial charge < -0.3 is 20.2 Å². The zero-order chi connectivity index (χ0) is 14.1. The van der Waals surface area contributed by atoms with Crippen LogP contribution < -0.4 is 4.90 Å². The molecule has 2 aromatic carbocycles. The first kappa shape index (κ1) is 12.2. The Kier molecular flexibility index (Phi) is 2.84. The highest BCUT2D eigenvalue weighted by Gasteiger charge is 2.35. The van der Waals surface area contributed by atoms with Gasteiger partial charge in [-0.1, -0.05) is 36.4 Å². The van der Waals surface area contributed by atoms with Crippen LogP contribution >= 0.6 is 0 Å². The first-order valence-electron chi connectivity index (χ1n) is 6.16. The molecule has 4 nitrogen and oxygen atoms in total. The SMILES string of the molecule is OC1=C(O)C(N(c2ccccc2)c2ccccc2)=C1O. The molecule has 0 saturated carbocycles. The first-order chi connectivity index (χ1) is 9.70. The Morgan fingerprint density at radius 3 is 1.40 bits per heavy atom. The average molecular weight is 267 g/mol. The molecule has 4 heteroatoms. The number of benzene rings is 2. The second kappa shape index (κ2) is 4.66. The average Bonchev–Trinajstić information content (AvgIpc) is 2.53. The summed E-state index contributed by atoms with van der Waals surface area (Å²) in [6, 6.07) is 18.6. The Bertz CT molecular complexity index is 651. The molecule has 0 aromatic heterocycles. The van der Waals surface area contributed by atoms with Crippen LogP contribution in [-0.2, 0) is 0 Å². The Morgan fingerprint density at radius 1 is 0.550 bits per heavy atom. The normalized spacial score (nSPS) is 14.2. The number of nitrogens with zero attached hydrogens (tertiary/aromatic N) is 1. The minimum absolute atomic E-state index is 0.194. The topological polar surface area (TPSA) is 63.9 Å². The van der Waals surface area contributed by atoms with Gasteiger partial charge in [-0.15, -0.1) is 0 Å². The van der Waals surface area contributed by atoms with E-state index < -0.39 is 5.76 Å². The van der Waals surface area contributed by atoms with Crippen LogP contribution in [0.5, 0.6) is 0 Å². The highest BCUT2D eigenvalue weighted by Crippen LogP contribution is 2.40. The molecule has 0 spiro atoms. The van der Waals surface area contributed by atoms with Crippen LogP contribution in [0.15, 0.2) is 83.6 Å². The van der Waals surface area contributed by atoms with E-state index in [1.807, 2.05) is 60.7 Å². The van der Waals surface area contributed by atoms with Crippen molar-refractivity contribution in [3.63, 3.8) is 0 Å². The minimum atomic E-state index is -0.475. The van der Waals surface area contributed by atoms with E-state index >= 15 is 0 Å². The van der Waals surface area contributed by atoms with Crippen molar-refractivity contribution in [3.8, 4) is 0 Å². The van der Waals surface area contributed by atoms with Crippen molar-refractivity contribution < 1.29 is 15.3 Å². The molecule has 0 fully saturated rings. The van der Waals surface area contributed by atoms with Gasteiger partial charge >= 0.3 is 0 Å². The van der Waals surface area contributed by atoms with Crippen molar-refractivity contribution in [3.05, 3.63) is 83.6 Å². The maximum Gasteiger partial charge on any atom is 0.205 e. The van der Waals surface area contributed by atoms with Crippen LogP contribution in [0.3, 0.4) is 0 Å². The number of rotatable bonds is 3. The van der Waals surface area contributed by atoms with Gasteiger partial charge in [0.15, 0.2) is 11.5 Å². The summed E-state index contributed by atoms with van der Waals surface area (Å²) < 4.78 is 0. The van der Waals surface area contributed by atoms with Crippen molar-refractivity contribution in [2.75, 3.05) is 4.90 Å². The van der Waals surface area contributed by atoms with Crippen molar-refractivity contribution in [2.45, 2.75) is 0 Å².